The molecule has 0 bridgehead atoms. The Bertz CT molecular complexity index is 2010. The van der Waals surface area contributed by atoms with Crippen molar-refractivity contribution in [3.05, 3.63) is 83.6 Å². The number of nitrogens with one attached hydrogen (secondary N) is 1. The maximum absolute atomic E-state index is 12.9. The molecule has 0 unspecified atom stereocenters. The van der Waals surface area contributed by atoms with Gasteiger partial charge in [0, 0.05) is 81.6 Å². The summed E-state index contributed by atoms with van der Waals surface area (Å²) in [5.41, 5.74) is 6.10. The van der Waals surface area contributed by atoms with Crippen molar-refractivity contribution in [1.82, 2.24) is 5.32 Å². The molecule has 1 amide bonds. The van der Waals surface area contributed by atoms with Crippen molar-refractivity contribution in [3.8, 4) is 0 Å². The van der Waals surface area contributed by atoms with Crippen molar-refractivity contribution >= 4 is 67.8 Å². The summed E-state index contributed by atoms with van der Waals surface area (Å²) in [5.74, 6) is -0.285. The summed E-state index contributed by atoms with van der Waals surface area (Å²) in [6.07, 6.45) is 16.6. The highest BCUT2D eigenvalue weighted by molar-refractivity contribution is 8.01. The van der Waals surface area contributed by atoms with Crippen molar-refractivity contribution in [3.63, 3.8) is 0 Å². The van der Waals surface area contributed by atoms with Gasteiger partial charge in [-0.2, -0.15) is 4.58 Å². The van der Waals surface area contributed by atoms with E-state index >= 15 is 0 Å². The minimum atomic E-state index is -2.38. The van der Waals surface area contributed by atoms with Crippen LogP contribution < -0.4 is 10.2 Å². The Morgan fingerprint density at radius 1 is 0.912 bits per heavy atom. The predicted octanol–water partition coefficient (Wildman–Crippen LogP) is 8.74. The molecule has 2 aromatic rings. The lowest BCUT2D eigenvalue weighted by Gasteiger charge is -2.25. The Labute approximate surface area is 346 Å². The summed E-state index contributed by atoms with van der Waals surface area (Å²) < 4.78 is 24.0. The lowest BCUT2D eigenvalue weighted by Crippen LogP contribution is -2.42. The number of rotatable bonds is 21. The second-order valence-electron chi connectivity index (χ2n) is 16.0. The zero-order chi connectivity index (χ0) is 42.0. The SMILES string of the molecule is CCN1/C(=C/C=C/C=C/C2=[N+](CCCCCC(=O)N[C@@H](CC(C)C)C(=O)C=S(C)(C)=O)c3ccc(SOOO)cc3C2(C)C)C(C)(C)c2cc(SOOO)ccc21. The van der Waals surface area contributed by atoms with Crippen molar-refractivity contribution in [2.45, 2.75) is 107 Å². The van der Waals surface area contributed by atoms with Gasteiger partial charge in [-0.1, -0.05) is 56.0 Å². The van der Waals surface area contributed by atoms with E-state index in [0.29, 0.717) is 19.3 Å². The van der Waals surface area contributed by atoms with Crippen molar-refractivity contribution in [2.24, 2.45) is 5.92 Å². The molecule has 3 N–H and O–H groups in total. The van der Waals surface area contributed by atoms with E-state index in [0.717, 1.165) is 93.7 Å². The molecule has 2 aliphatic heterocycles. The Hall–Kier alpha value is -3.25. The molecule has 4 rings (SSSR count). The van der Waals surface area contributed by atoms with Crippen molar-refractivity contribution < 1.29 is 47.6 Å². The highest BCUT2D eigenvalue weighted by atomic mass is 32.2. The third-order valence-electron chi connectivity index (χ3n) is 10.2. The average molecular weight is 845 g/mol. The predicted molar refractivity (Wildman–Crippen MR) is 230 cm³/mol. The first kappa shape index (κ1) is 46.4. The molecule has 1 atom stereocenters. The van der Waals surface area contributed by atoms with E-state index in [9.17, 15) is 13.8 Å². The van der Waals surface area contributed by atoms with Crippen molar-refractivity contribution in [1.29, 1.82) is 0 Å². The smallest absolute Gasteiger partial charge is 0.220 e. The summed E-state index contributed by atoms with van der Waals surface area (Å²) in [5, 5.41) is 29.1. The number of ketones is 1. The lowest BCUT2D eigenvalue weighted by molar-refractivity contribution is -0.438. The van der Waals surface area contributed by atoms with Gasteiger partial charge in [-0.25, -0.2) is 10.5 Å². The average Bonchev–Trinajstić information content (AvgIpc) is 3.48. The molecule has 2 aromatic carbocycles. The quantitative estimate of drug-likeness (QED) is 0.0210. The largest absolute Gasteiger partial charge is 0.346 e. The molecular weight excluding hydrogens is 787 g/mol. The second kappa shape index (κ2) is 20.6. The Balaban J connectivity index is 1.50. The Morgan fingerprint density at radius 2 is 1.56 bits per heavy atom. The van der Waals surface area contributed by atoms with Gasteiger partial charge in [0.15, 0.2) is 11.5 Å². The number of amides is 1. The van der Waals surface area contributed by atoms with Gasteiger partial charge in [-0.15, -0.1) is 8.67 Å². The van der Waals surface area contributed by atoms with Gasteiger partial charge in [-0.05, 0) is 97.4 Å². The molecule has 0 fully saturated rings. The standard InChI is InChI=1S/C42H57N3O9S3/c1-10-44-35-22-20-30(55-53-51-48)26-32(35)41(4,5)38(44)17-13-11-14-18-39-42(6,7)33-27-31(56-54-52-49)21-23-36(33)45(39)24-16-12-15-19-40(47)43-34(25-29(2)3)37(46)28-57(8,9)50/h11,13-14,17-18,20-23,26-29,34H,10,12,15-16,19,24-25H2,1-9H3,(H2-,43,47,48,49)/p+1/t34-/m0/s1. The number of benzene rings is 2. The number of anilines is 1. The van der Waals surface area contributed by atoms with Gasteiger partial charge < -0.3 is 10.2 Å². The summed E-state index contributed by atoms with van der Waals surface area (Å²) in [6.45, 7) is 16.4. The fraction of sp³-hybridized carbons (Fsp3) is 0.476. The molecule has 0 saturated carbocycles. The fourth-order valence-electron chi connectivity index (χ4n) is 7.54. The van der Waals surface area contributed by atoms with Crippen LogP contribution in [0.3, 0.4) is 0 Å². The molecule has 0 aromatic heterocycles. The van der Waals surface area contributed by atoms with Crippen LogP contribution in [0.1, 0.15) is 91.7 Å². The van der Waals surface area contributed by atoms with Crippen LogP contribution in [0.25, 0.3) is 0 Å². The number of hydrogen-bond acceptors (Lipinski definition) is 12. The summed E-state index contributed by atoms with van der Waals surface area (Å²) in [6, 6.07) is 11.4. The molecule has 2 heterocycles. The molecule has 12 nitrogen and oxygen atoms in total. The first-order chi connectivity index (χ1) is 26.9. The highest BCUT2D eigenvalue weighted by Crippen LogP contribution is 2.49. The van der Waals surface area contributed by atoms with Crippen LogP contribution in [0.2, 0.25) is 0 Å². The van der Waals surface area contributed by atoms with E-state index in [1.54, 1.807) is 0 Å². The normalized spacial score (nSPS) is 17.3. The van der Waals surface area contributed by atoms with Crippen LogP contribution in [-0.4, -0.2) is 73.7 Å². The summed E-state index contributed by atoms with van der Waals surface area (Å²) in [4.78, 5) is 29.6. The number of nitrogens with zero attached hydrogens (tertiary/aromatic N) is 2. The first-order valence-corrected chi connectivity index (χ1v) is 23.0. The van der Waals surface area contributed by atoms with E-state index in [4.69, 9.17) is 14.8 Å². The van der Waals surface area contributed by atoms with Crippen molar-refractivity contribution in [2.75, 3.05) is 30.5 Å². The maximum atomic E-state index is 12.9. The van der Waals surface area contributed by atoms with Gasteiger partial charge in [0.2, 0.25) is 11.6 Å². The lowest BCUT2D eigenvalue weighted by atomic mass is 9.81. The molecule has 0 spiro atoms. The van der Waals surface area contributed by atoms with Gasteiger partial charge in [-0.3, -0.25) is 13.8 Å². The molecule has 57 heavy (non-hydrogen) atoms. The van der Waals surface area contributed by atoms with Crippen LogP contribution in [0.4, 0.5) is 11.4 Å². The fourth-order valence-corrected chi connectivity index (χ4v) is 9.06. The van der Waals surface area contributed by atoms with E-state index in [1.807, 2.05) is 38.1 Å². The van der Waals surface area contributed by atoms with Crippen LogP contribution >= 0.6 is 24.1 Å². The number of carbonyl (C=O) groups excluding carboxylic acids is 2. The van der Waals surface area contributed by atoms with E-state index < -0.39 is 15.6 Å². The van der Waals surface area contributed by atoms with Gasteiger partial charge in [0.1, 0.15) is 6.54 Å². The third-order valence-corrected chi connectivity index (χ3v) is 12.1. The molecule has 2 aliphatic rings. The molecule has 15 heteroatoms. The highest BCUT2D eigenvalue weighted by Gasteiger charge is 2.44. The summed E-state index contributed by atoms with van der Waals surface area (Å²) >= 11 is 1.88. The zero-order valence-electron chi connectivity index (χ0n) is 34.4. The number of likely N-dealkylation sites (N-methyl/N-ethyl adjacent to an activating group) is 1. The Kier molecular flexibility index (Phi) is 16.8. The monoisotopic (exact) mass is 844 g/mol. The minimum Gasteiger partial charge on any atom is -0.346 e. The number of fused-ring (bicyclic) bond motifs is 2. The maximum Gasteiger partial charge on any atom is 0.220 e. The first-order valence-electron chi connectivity index (χ1n) is 19.1. The van der Waals surface area contributed by atoms with Crippen LogP contribution in [0.5, 0.6) is 0 Å². The number of allylic oxidation sites excluding steroid dienone is 6. The number of hydrogen-bond donors (Lipinski definition) is 3. The molecule has 0 aliphatic carbocycles. The molecular formula is C42H58N3O9S3+. The number of carbonyl (C=O) groups is 2. The van der Waals surface area contributed by atoms with E-state index in [1.165, 1.54) is 17.9 Å². The molecule has 312 valence electrons. The number of Topliss-reactive ketones (excluding diaryl/α,β-unsaturated/α-hetero) is 1. The zero-order valence-corrected chi connectivity index (χ0v) is 36.9. The van der Waals surface area contributed by atoms with Gasteiger partial charge >= 0.3 is 0 Å². The van der Waals surface area contributed by atoms with E-state index in [2.05, 4.69) is 106 Å². The molecule has 0 saturated heterocycles. The second-order valence-corrected chi connectivity index (χ2v) is 20.4. The Morgan fingerprint density at radius 3 is 2.18 bits per heavy atom. The third kappa shape index (κ3) is 12.1. The van der Waals surface area contributed by atoms with Gasteiger partial charge in [0.25, 0.3) is 0 Å². The van der Waals surface area contributed by atoms with Gasteiger partial charge in [0.05, 0.1) is 35.5 Å². The minimum absolute atomic E-state index is 0.178. The van der Waals surface area contributed by atoms with Crippen LogP contribution in [-0.2, 0) is 48.7 Å². The van der Waals surface area contributed by atoms with Crippen LogP contribution in [0, 0.1) is 5.92 Å². The topological polar surface area (TPSA) is 147 Å². The molecule has 0 radical (unpaired) electrons. The van der Waals surface area contributed by atoms with E-state index in [-0.39, 0.29) is 28.4 Å². The summed E-state index contributed by atoms with van der Waals surface area (Å²) in [7, 11) is -2.38. The van der Waals surface area contributed by atoms with Crippen LogP contribution in [0.15, 0.2) is 82.3 Å². The number of unbranched alkanes of at least 4 members (excludes halogenated alkanes) is 2.